The van der Waals surface area contributed by atoms with E-state index < -0.39 is 0 Å². The van der Waals surface area contributed by atoms with Gasteiger partial charge in [0.05, 0.1) is 11.8 Å². The lowest BCUT2D eigenvalue weighted by molar-refractivity contribution is -0.135. The van der Waals surface area contributed by atoms with E-state index in [0.717, 1.165) is 51.7 Å². The fraction of sp³-hybridized carbons (Fsp3) is 0.833. The average molecular weight is 402 g/mol. The Bertz CT molecular complexity index is 622. The Morgan fingerprint density at radius 1 is 0.897 bits per heavy atom. The van der Waals surface area contributed by atoms with E-state index in [1.165, 1.54) is 38.8 Å². The largest absolute Gasteiger partial charge is 0.356 e. The van der Waals surface area contributed by atoms with Crippen molar-refractivity contribution in [2.24, 2.45) is 29.1 Å². The predicted molar refractivity (Wildman–Crippen MR) is 115 cm³/mol. The molecule has 162 valence electrons. The lowest BCUT2D eigenvalue weighted by Crippen LogP contribution is -2.44. The Kier molecular flexibility index (Phi) is 6.63. The van der Waals surface area contributed by atoms with Gasteiger partial charge in [-0.25, -0.2) is 0 Å². The van der Waals surface area contributed by atoms with E-state index in [-0.39, 0.29) is 40.9 Å². The first kappa shape index (κ1) is 20.9. The summed E-state index contributed by atoms with van der Waals surface area (Å²) in [5.74, 6) is 0.422. The van der Waals surface area contributed by atoms with Gasteiger partial charge in [0.25, 0.3) is 0 Å². The summed E-state index contributed by atoms with van der Waals surface area (Å²) in [6.45, 7) is 7.27. The SMILES string of the molecule is CCCCCNC(=O)[C@H]1[C@H](C(=O)NCCCCN2CCCC2)[C@H]2C=C[C@H]1C21CC1. The molecule has 2 N–H and O–H groups in total. The maximum absolute atomic E-state index is 13.1. The zero-order valence-corrected chi connectivity index (χ0v) is 18.1. The molecular formula is C24H39N3O2. The van der Waals surface area contributed by atoms with Crippen LogP contribution in [0, 0.1) is 29.1 Å². The Hall–Kier alpha value is -1.36. The van der Waals surface area contributed by atoms with Crippen molar-refractivity contribution in [2.75, 3.05) is 32.7 Å². The molecule has 5 nitrogen and oxygen atoms in total. The Balaban J connectivity index is 1.28. The lowest BCUT2D eigenvalue weighted by atomic mass is 9.81. The Morgan fingerprint density at radius 2 is 1.45 bits per heavy atom. The molecule has 2 saturated carbocycles. The Labute approximate surface area is 176 Å². The summed E-state index contributed by atoms with van der Waals surface area (Å²) in [5, 5.41) is 6.33. The van der Waals surface area contributed by atoms with Crippen molar-refractivity contribution >= 4 is 11.8 Å². The maximum Gasteiger partial charge on any atom is 0.224 e. The number of hydrogen-bond donors (Lipinski definition) is 2. The third-order valence-electron chi connectivity index (χ3n) is 7.93. The van der Waals surface area contributed by atoms with Gasteiger partial charge in [-0.15, -0.1) is 0 Å². The number of nitrogens with one attached hydrogen (secondary N) is 2. The van der Waals surface area contributed by atoms with Crippen LogP contribution in [0.5, 0.6) is 0 Å². The van der Waals surface area contributed by atoms with Crippen molar-refractivity contribution in [1.82, 2.24) is 15.5 Å². The number of carbonyl (C=O) groups is 2. The van der Waals surface area contributed by atoms with Crippen molar-refractivity contribution in [3.8, 4) is 0 Å². The zero-order valence-electron chi connectivity index (χ0n) is 18.1. The van der Waals surface area contributed by atoms with Gasteiger partial charge >= 0.3 is 0 Å². The second-order valence-corrected chi connectivity index (χ2v) is 9.77. The summed E-state index contributed by atoms with van der Waals surface area (Å²) in [4.78, 5) is 28.7. The first-order chi connectivity index (χ1) is 14.2. The van der Waals surface area contributed by atoms with Crippen LogP contribution in [0.25, 0.3) is 0 Å². The molecule has 4 rings (SSSR count). The molecule has 0 aromatic heterocycles. The van der Waals surface area contributed by atoms with Crippen LogP contribution in [-0.2, 0) is 9.59 Å². The number of unbranched alkanes of at least 4 members (excludes halogenated alkanes) is 3. The molecule has 1 aliphatic heterocycles. The molecule has 5 heteroatoms. The van der Waals surface area contributed by atoms with Crippen LogP contribution in [0.1, 0.15) is 64.7 Å². The number of likely N-dealkylation sites (tertiary alicyclic amines) is 1. The summed E-state index contributed by atoms with van der Waals surface area (Å²) in [5.41, 5.74) is 0.225. The number of carbonyl (C=O) groups excluding carboxylic acids is 2. The minimum Gasteiger partial charge on any atom is -0.356 e. The topological polar surface area (TPSA) is 61.4 Å². The number of nitrogens with zero attached hydrogens (tertiary/aromatic N) is 1. The molecule has 0 aromatic rings. The number of hydrogen-bond acceptors (Lipinski definition) is 3. The fourth-order valence-electron chi connectivity index (χ4n) is 6.21. The van der Waals surface area contributed by atoms with E-state index in [1.807, 2.05) is 0 Å². The number of allylic oxidation sites excluding steroid dienone is 2. The summed E-state index contributed by atoms with van der Waals surface area (Å²) in [7, 11) is 0. The lowest BCUT2D eigenvalue weighted by Gasteiger charge is -2.26. The Morgan fingerprint density at radius 3 is 1.97 bits per heavy atom. The molecule has 2 amide bonds. The molecule has 1 saturated heterocycles. The molecular weight excluding hydrogens is 362 g/mol. The quantitative estimate of drug-likeness (QED) is 0.413. The van der Waals surface area contributed by atoms with Crippen LogP contribution in [0.15, 0.2) is 12.2 Å². The summed E-state index contributed by atoms with van der Waals surface area (Å²) >= 11 is 0. The van der Waals surface area contributed by atoms with Gasteiger partial charge in [0.15, 0.2) is 0 Å². The normalized spacial score (nSPS) is 31.5. The molecule has 4 atom stereocenters. The highest BCUT2D eigenvalue weighted by Crippen LogP contribution is 2.72. The van der Waals surface area contributed by atoms with E-state index >= 15 is 0 Å². The summed E-state index contributed by atoms with van der Waals surface area (Å²) in [6, 6.07) is 0. The zero-order chi connectivity index (χ0) is 20.3. The van der Waals surface area contributed by atoms with Crippen LogP contribution in [0.2, 0.25) is 0 Å². The molecule has 2 bridgehead atoms. The first-order valence-electron chi connectivity index (χ1n) is 12.1. The molecule has 3 fully saturated rings. The van der Waals surface area contributed by atoms with Gasteiger partial charge in [0.1, 0.15) is 0 Å². The molecule has 4 aliphatic rings. The van der Waals surface area contributed by atoms with Crippen molar-refractivity contribution in [3.05, 3.63) is 12.2 Å². The molecule has 29 heavy (non-hydrogen) atoms. The van der Waals surface area contributed by atoms with Crippen molar-refractivity contribution in [3.63, 3.8) is 0 Å². The summed E-state index contributed by atoms with van der Waals surface area (Å²) < 4.78 is 0. The van der Waals surface area contributed by atoms with Gasteiger partial charge in [-0.3, -0.25) is 9.59 Å². The molecule has 1 spiro atoms. The van der Waals surface area contributed by atoms with Crippen LogP contribution >= 0.6 is 0 Å². The molecule has 3 aliphatic carbocycles. The van der Waals surface area contributed by atoms with Crippen LogP contribution in [0.3, 0.4) is 0 Å². The van der Waals surface area contributed by atoms with Crippen LogP contribution < -0.4 is 10.6 Å². The second-order valence-electron chi connectivity index (χ2n) is 9.77. The second kappa shape index (κ2) is 9.20. The molecule has 0 aromatic carbocycles. The van der Waals surface area contributed by atoms with E-state index in [4.69, 9.17) is 0 Å². The van der Waals surface area contributed by atoms with Gasteiger partial charge in [-0.1, -0.05) is 31.9 Å². The van der Waals surface area contributed by atoms with Crippen molar-refractivity contribution < 1.29 is 9.59 Å². The van der Waals surface area contributed by atoms with E-state index in [0.29, 0.717) is 0 Å². The minimum absolute atomic E-state index is 0.110. The molecule has 0 unspecified atom stereocenters. The third kappa shape index (κ3) is 4.26. The van der Waals surface area contributed by atoms with Crippen molar-refractivity contribution in [1.29, 1.82) is 0 Å². The van der Waals surface area contributed by atoms with E-state index in [9.17, 15) is 9.59 Å². The molecule has 0 radical (unpaired) electrons. The van der Waals surface area contributed by atoms with Gasteiger partial charge in [-0.2, -0.15) is 0 Å². The fourth-order valence-corrected chi connectivity index (χ4v) is 6.21. The predicted octanol–water partition coefficient (Wildman–Crippen LogP) is 3.11. The van der Waals surface area contributed by atoms with Crippen LogP contribution in [-0.4, -0.2) is 49.4 Å². The van der Waals surface area contributed by atoms with Gasteiger partial charge in [0, 0.05) is 13.1 Å². The van der Waals surface area contributed by atoms with Gasteiger partial charge in [0.2, 0.25) is 11.8 Å². The van der Waals surface area contributed by atoms with Gasteiger partial charge in [-0.05, 0) is 81.8 Å². The highest BCUT2D eigenvalue weighted by molar-refractivity contribution is 5.90. The van der Waals surface area contributed by atoms with E-state index in [2.05, 4.69) is 34.6 Å². The monoisotopic (exact) mass is 401 g/mol. The highest BCUT2D eigenvalue weighted by Gasteiger charge is 2.69. The molecule has 1 heterocycles. The standard InChI is InChI=1S/C24H39N3O2/c1-2-3-4-13-25-22(28)20-18-9-10-19(24(18)11-12-24)21(20)23(29)26-14-5-6-15-27-16-7-8-17-27/h9-10,18-21H,2-8,11-17H2,1H3,(H,25,28)(H,26,29)/t18-,19-,20-,21-/m1/s1. The van der Waals surface area contributed by atoms with Crippen LogP contribution in [0.4, 0.5) is 0 Å². The van der Waals surface area contributed by atoms with E-state index in [1.54, 1.807) is 0 Å². The smallest absolute Gasteiger partial charge is 0.224 e. The maximum atomic E-state index is 13.1. The van der Waals surface area contributed by atoms with Gasteiger partial charge < -0.3 is 15.5 Å². The average Bonchev–Trinajstić information content (AvgIpc) is 3.08. The third-order valence-corrected chi connectivity index (χ3v) is 7.93. The summed E-state index contributed by atoms with van der Waals surface area (Å²) in [6.07, 6.45) is 15.0. The van der Waals surface area contributed by atoms with Crippen molar-refractivity contribution in [2.45, 2.75) is 64.7 Å². The number of amides is 2. The number of rotatable bonds is 11. The highest BCUT2D eigenvalue weighted by atomic mass is 16.2. The first-order valence-corrected chi connectivity index (χ1v) is 12.1. The minimum atomic E-state index is -0.169.